The fourth-order valence-corrected chi connectivity index (χ4v) is 4.67. The molecule has 40 heavy (non-hydrogen) atoms. The van der Waals surface area contributed by atoms with Crippen molar-refractivity contribution in [2.75, 3.05) is 16.6 Å². The maximum absolute atomic E-state index is 13.4. The van der Waals surface area contributed by atoms with Crippen LogP contribution in [0.25, 0.3) is 0 Å². The number of hydrogen-bond donors (Lipinski definition) is 3. The van der Waals surface area contributed by atoms with Gasteiger partial charge in [0.05, 0.1) is 22.8 Å². The van der Waals surface area contributed by atoms with Gasteiger partial charge in [-0.15, -0.1) is 0 Å². The van der Waals surface area contributed by atoms with Crippen LogP contribution in [-0.2, 0) is 10.0 Å². The monoisotopic (exact) mass is 568 g/mol. The van der Waals surface area contributed by atoms with Crippen molar-refractivity contribution in [2.45, 2.75) is 24.7 Å². The lowest BCUT2D eigenvalue weighted by molar-refractivity contribution is 0.0697. The van der Waals surface area contributed by atoms with E-state index in [9.17, 15) is 27.1 Å². The zero-order valence-electron chi connectivity index (χ0n) is 21.4. The van der Waals surface area contributed by atoms with Crippen LogP contribution in [-0.4, -0.2) is 26.1 Å². The molecule has 3 N–H and O–H groups in total. The first-order valence-corrected chi connectivity index (χ1v) is 13.8. The third-order valence-electron chi connectivity index (χ3n) is 5.66. The molecule has 0 bridgehead atoms. The number of carbonyl (C=O) groups is 1. The average molecular weight is 569 g/mol. The Hall–Kier alpha value is -4.64. The van der Waals surface area contributed by atoms with Gasteiger partial charge in [0.1, 0.15) is 17.2 Å². The van der Waals surface area contributed by atoms with Crippen molar-refractivity contribution < 1.29 is 36.6 Å². The van der Waals surface area contributed by atoms with E-state index < -0.39 is 27.6 Å². The van der Waals surface area contributed by atoms with E-state index in [1.807, 2.05) is 6.92 Å². The van der Waals surface area contributed by atoms with Crippen LogP contribution < -0.4 is 19.5 Å². The van der Waals surface area contributed by atoms with Crippen molar-refractivity contribution in [3.63, 3.8) is 0 Å². The number of carboxylic acids is 1. The third-order valence-corrected chi connectivity index (χ3v) is 7.05. The number of rotatable bonds is 12. The molecule has 0 aromatic heterocycles. The van der Waals surface area contributed by atoms with Crippen LogP contribution in [0.2, 0.25) is 0 Å². The Labute approximate surface area is 230 Å². The summed E-state index contributed by atoms with van der Waals surface area (Å²) in [5, 5.41) is 12.6. The predicted molar refractivity (Wildman–Crippen MR) is 147 cm³/mol. The van der Waals surface area contributed by atoms with Crippen molar-refractivity contribution in [1.82, 2.24) is 0 Å². The molecule has 0 heterocycles. The van der Waals surface area contributed by atoms with Gasteiger partial charge in [-0.05, 0) is 85.3 Å². The Kier molecular flexibility index (Phi) is 8.85. The Morgan fingerprint density at radius 2 is 1.48 bits per heavy atom. The largest absolute Gasteiger partial charge is 0.494 e. The summed E-state index contributed by atoms with van der Waals surface area (Å²) in [5.74, 6) is -2.22. The highest BCUT2D eigenvalue weighted by Crippen LogP contribution is 2.30. The minimum absolute atomic E-state index is 0.0518. The number of aromatic carboxylic acids is 1. The van der Waals surface area contributed by atoms with Gasteiger partial charge in [0, 0.05) is 17.4 Å². The molecule has 0 atom stereocenters. The fourth-order valence-electron chi connectivity index (χ4n) is 3.59. The number of halogens is 2. The minimum atomic E-state index is -4.08. The second-order valence-corrected chi connectivity index (χ2v) is 10.4. The Bertz CT molecular complexity index is 1590. The molecular weight excluding hydrogens is 542 g/mol. The van der Waals surface area contributed by atoms with Gasteiger partial charge in [-0.25, -0.2) is 22.0 Å². The lowest BCUT2D eigenvalue weighted by Crippen LogP contribution is -2.15. The zero-order chi connectivity index (χ0) is 28.7. The summed E-state index contributed by atoms with van der Waals surface area (Å²) in [6.07, 6.45) is 1.85. The van der Waals surface area contributed by atoms with Gasteiger partial charge in [-0.1, -0.05) is 13.3 Å². The van der Waals surface area contributed by atoms with Crippen LogP contribution in [0.15, 0.2) is 89.8 Å². The summed E-state index contributed by atoms with van der Waals surface area (Å²) in [4.78, 5) is 11.9. The number of nitrogens with one attached hydrogen (secondary N) is 2. The molecule has 0 saturated carbocycles. The molecule has 0 unspecified atom stereocenters. The first kappa shape index (κ1) is 28.4. The number of unbranched alkanes of at least 4 members (excludes halogenated alkanes) is 1. The van der Waals surface area contributed by atoms with Crippen LogP contribution >= 0.6 is 0 Å². The van der Waals surface area contributed by atoms with Crippen molar-refractivity contribution in [3.8, 4) is 17.2 Å². The standard InChI is InChI=1S/C29H26F2N2O6S/c1-2-3-16-38-21-9-12-24(13-10-21)40(36,37)33-28-15-11-23(18-25(28)29(34)35)39-22-7-4-19(5-8-22)32-20-6-14-26(30)27(31)17-20/h4-15,17-18,32-33H,2-3,16H2,1H3,(H,34,35). The molecule has 0 radical (unpaired) electrons. The van der Waals surface area contributed by atoms with Gasteiger partial charge >= 0.3 is 5.97 Å². The number of sulfonamides is 1. The van der Waals surface area contributed by atoms with Crippen molar-refractivity contribution in [2.24, 2.45) is 0 Å². The first-order valence-electron chi connectivity index (χ1n) is 12.3. The Morgan fingerprint density at radius 1 is 0.825 bits per heavy atom. The second kappa shape index (κ2) is 12.5. The van der Waals surface area contributed by atoms with Crippen LogP contribution in [0.1, 0.15) is 30.1 Å². The van der Waals surface area contributed by atoms with Crippen molar-refractivity contribution in [1.29, 1.82) is 0 Å². The van der Waals surface area contributed by atoms with Gasteiger partial charge in [0.25, 0.3) is 10.0 Å². The van der Waals surface area contributed by atoms with E-state index in [1.165, 1.54) is 48.5 Å². The van der Waals surface area contributed by atoms with Crippen LogP contribution in [0, 0.1) is 11.6 Å². The molecule has 0 saturated heterocycles. The zero-order valence-corrected chi connectivity index (χ0v) is 22.2. The van der Waals surface area contributed by atoms with E-state index in [0.29, 0.717) is 29.5 Å². The molecule has 4 aromatic rings. The highest BCUT2D eigenvalue weighted by atomic mass is 32.2. The molecule has 208 valence electrons. The summed E-state index contributed by atoms with van der Waals surface area (Å²) < 4.78 is 66.0. The normalized spacial score (nSPS) is 11.1. The van der Waals surface area contributed by atoms with E-state index >= 15 is 0 Å². The van der Waals surface area contributed by atoms with Gasteiger partial charge in [0.15, 0.2) is 11.6 Å². The smallest absolute Gasteiger partial charge is 0.337 e. The summed E-state index contributed by atoms with van der Waals surface area (Å²) in [6, 6.07) is 19.7. The first-order chi connectivity index (χ1) is 19.1. The van der Waals surface area contributed by atoms with E-state index in [2.05, 4.69) is 10.0 Å². The molecule has 8 nitrogen and oxygen atoms in total. The van der Waals surface area contributed by atoms with Crippen LogP contribution in [0.5, 0.6) is 17.2 Å². The summed E-state index contributed by atoms with van der Waals surface area (Å²) in [6.45, 7) is 2.56. The van der Waals surface area contributed by atoms with Gasteiger partial charge in [-0.2, -0.15) is 0 Å². The molecule has 0 aliphatic heterocycles. The Balaban J connectivity index is 1.45. The number of benzene rings is 4. The highest BCUT2D eigenvalue weighted by Gasteiger charge is 2.20. The molecule has 0 aliphatic rings. The lowest BCUT2D eigenvalue weighted by Gasteiger charge is -2.13. The average Bonchev–Trinajstić information content (AvgIpc) is 2.93. The molecule has 4 aromatic carbocycles. The van der Waals surface area contributed by atoms with Crippen molar-refractivity contribution in [3.05, 3.63) is 102 Å². The topological polar surface area (TPSA) is 114 Å². The number of carboxylic acid groups (broad SMARTS) is 1. The van der Waals surface area contributed by atoms with Crippen LogP contribution in [0.3, 0.4) is 0 Å². The molecule has 4 rings (SSSR count). The van der Waals surface area contributed by atoms with E-state index in [-0.39, 0.29) is 21.9 Å². The fraction of sp³-hybridized carbons (Fsp3) is 0.138. The molecule has 0 aliphatic carbocycles. The van der Waals surface area contributed by atoms with E-state index in [4.69, 9.17) is 9.47 Å². The van der Waals surface area contributed by atoms with Crippen molar-refractivity contribution >= 4 is 33.1 Å². The van der Waals surface area contributed by atoms with E-state index in [1.54, 1.807) is 24.3 Å². The SMILES string of the molecule is CCCCOc1ccc(S(=O)(=O)Nc2ccc(Oc3ccc(Nc4ccc(F)c(F)c4)cc3)cc2C(=O)O)cc1. The van der Waals surface area contributed by atoms with Crippen LogP contribution in [0.4, 0.5) is 25.8 Å². The molecule has 0 spiro atoms. The number of anilines is 3. The second-order valence-electron chi connectivity index (χ2n) is 8.67. The molecule has 11 heteroatoms. The van der Waals surface area contributed by atoms with Gasteiger partial charge < -0.3 is 19.9 Å². The predicted octanol–water partition coefficient (Wildman–Crippen LogP) is 7.18. The van der Waals surface area contributed by atoms with Gasteiger partial charge in [0.2, 0.25) is 0 Å². The summed E-state index contributed by atoms with van der Waals surface area (Å²) >= 11 is 0. The summed E-state index contributed by atoms with van der Waals surface area (Å²) in [5.41, 5.74) is 0.495. The number of ether oxygens (including phenoxy) is 2. The number of hydrogen-bond acceptors (Lipinski definition) is 6. The van der Waals surface area contributed by atoms with E-state index in [0.717, 1.165) is 25.0 Å². The Morgan fingerprint density at radius 3 is 2.12 bits per heavy atom. The minimum Gasteiger partial charge on any atom is -0.494 e. The molecular formula is C29H26F2N2O6S. The van der Waals surface area contributed by atoms with Gasteiger partial charge in [-0.3, -0.25) is 4.72 Å². The molecule has 0 fully saturated rings. The lowest BCUT2D eigenvalue weighted by atomic mass is 10.2. The molecule has 0 amide bonds. The highest BCUT2D eigenvalue weighted by molar-refractivity contribution is 7.92. The maximum atomic E-state index is 13.4. The summed E-state index contributed by atoms with van der Waals surface area (Å²) in [7, 11) is -4.08. The maximum Gasteiger partial charge on any atom is 0.337 e. The quantitative estimate of drug-likeness (QED) is 0.155. The third kappa shape index (κ3) is 7.26.